The molecule has 1 aliphatic carbocycles. The molecule has 1 aromatic heterocycles. The lowest BCUT2D eigenvalue weighted by atomic mass is 10.1. The first-order valence-electron chi connectivity index (χ1n) is 5.30. The van der Waals surface area contributed by atoms with E-state index in [2.05, 4.69) is 4.98 Å². The summed E-state index contributed by atoms with van der Waals surface area (Å²) in [5.74, 6) is 0.325. The van der Waals surface area contributed by atoms with Crippen LogP contribution in [-0.4, -0.2) is 16.1 Å². The predicted molar refractivity (Wildman–Crippen MR) is 54.0 cm³/mol. The number of aromatic carboxylic acids is 1. The second-order valence-corrected chi connectivity index (χ2v) is 4.43. The maximum absolute atomic E-state index is 10.9. The van der Waals surface area contributed by atoms with Crippen molar-refractivity contribution >= 4 is 5.97 Å². The highest BCUT2D eigenvalue weighted by Crippen LogP contribution is 2.33. The van der Waals surface area contributed by atoms with E-state index in [-0.39, 0.29) is 11.7 Å². The zero-order valence-corrected chi connectivity index (χ0v) is 8.99. The Morgan fingerprint density at radius 2 is 2.27 bits per heavy atom. The van der Waals surface area contributed by atoms with Crippen LogP contribution in [0.3, 0.4) is 0 Å². The number of hydrogen-bond donors (Lipinski definition) is 1. The molecule has 0 spiro atoms. The molecule has 0 aliphatic heterocycles. The summed E-state index contributed by atoms with van der Waals surface area (Å²) in [7, 11) is 0. The van der Waals surface area contributed by atoms with Crippen molar-refractivity contribution in [3.05, 3.63) is 17.3 Å². The Bertz CT molecular complexity index is 377. The second-order valence-electron chi connectivity index (χ2n) is 4.43. The van der Waals surface area contributed by atoms with Crippen molar-refractivity contribution in [2.24, 2.45) is 5.92 Å². The van der Waals surface area contributed by atoms with Crippen LogP contribution in [0.1, 0.15) is 54.7 Å². The maximum Gasteiger partial charge on any atom is 0.373 e. The van der Waals surface area contributed by atoms with Gasteiger partial charge in [-0.3, -0.25) is 0 Å². The number of aromatic nitrogens is 1. The van der Waals surface area contributed by atoms with Crippen molar-refractivity contribution in [3.8, 4) is 0 Å². The summed E-state index contributed by atoms with van der Waals surface area (Å²) in [5, 5.41) is 8.94. The van der Waals surface area contributed by atoms with Gasteiger partial charge in [-0.25, -0.2) is 9.78 Å². The van der Waals surface area contributed by atoms with Crippen LogP contribution in [0.25, 0.3) is 0 Å². The van der Waals surface area contributed by atoms with Crippen LogP contribution in [0.5, 0.6) is 0 Å². The van der Waals surface area contributed by atoms with Gasteiger partial charge >= 0.3 is 5.97 Å². The van der Waals surface area contributed by atoms with Crippen molar-refractivity contribution in [3.63, 3.8) is 0 Å². The van der Waals surface area contributed by atoms with Gasteiger partial charge < -0.3 is 9.52 Å². The number of oxazole rings is 1. The molecule has 0 radical (unpaired) electrons. The molecule has 82 valence electrons. The molecule has 15 heavy (non-hydrogen) atoms. The van der Waals surface area contributed by atoms with Crippen molar-refractivity contribution < 1.29 is 14.3 Å². The van der Waals surface area contributed by atoms with Crippen molar-refractivity contribution in [1.29, 1.82) is 0 Å². The van der Waals surface area contributed by atoms with Crippen LogP contribution < -0.4 is 0 Å². The average molecular weight is 209 g/mol. The van der Waals surface area contributed by atoms with E-state index in [1.807, 2.05) is 13.8 Å². The molecule has 0 unspecified atom stereocenters. The molecular weight excluding hydrogens is 194 g/mol. The van der Waals surface area contributed by atoms with E-state index in [4.69, 9.17) is 9.52 Å². The van der Waals surface area contributed by atoms with Gasteiger partial charge in [0.1, 0.15) is 0 Å². The summed E-state index contributed by atoms with van der Waals surface area (Å²) in [6.07, 6.45) is 3.20. The monoisotopic (exact) mass is 209 g/mol. The Morgan fingerprint density at radius 3 is 2.67 bits per heavy atom. The van der Waals surface area contributed by atoms with Gasteiger partial charge in [0.15, 0.2) is 5.89 Å². The third kappa shape index (κ3) is 2.19. The third-order valence-corrected chi connectivity index (χ3v) is 2.60. The molecule has 1 fully saturated rings. The molecule has 2 rings (SSSR count). The number of carbonyl (C=O) groups is 1. The van der Waals surface area contributed by atoms with Crippen LogP contribution in [-0.2, 0) is 6.42 Å². The lowest BCUT2D eigenvalue weighted by molar-refractivity contribution is 0.0658. The van der Waals surface area contributed by atoms with E-state index >= 15 is 0 Å². The highest BCUT2D eigenvalue weighted by Gasteiger charge is 2.27. The predicted octanol–water partition coefficient (Wildman–Crippen LogP) is 2.45. The van der Waals surface area contributed by atoms with Crippen LogP contribution in [0.15, 0.2) is 4.42 Å². The summed E-state index contributed by atoms with van der Waals surface area (Å²) in [5.41, 5.74) is 0.568. The fourth-order valence-electron chi connectivity index (χ4n) is 1.58. The number of hydrogen-bond acceptors (Lipinski definition) is 3. The average Bonchev–Trinajstić information content (AvgIpc) is 2.81. The van der Waals surface area contributed by atoms with Gasteiger partial charge in [-0.05, 0) is 24.7 Å². The molecule has 4 heteroatoms. The maximum atomic E-state index is 10.9. The molecule has 0 atom stereocenters. The van der Waals surface area contributed by atoms with Crippen molar-refractivity contribution in [2.45, 2.75) is 39.0 Å². The first kappa shape index (κ1) is 10.2. The third-order valence-electron chi connectivity index (χ3n) is 2.60. The van der Waals surface area contributed by atoms with Crippen LogP contribution in [0.2, 0.25) is 0 Å². The zero-order valence-electron chi connectivity index (χ0n) is 8.99. The van der Waals surface area contributed by atoms with E-state index in [0.717, 1.165) is 6.42 Å². The fourth-order valence-corrected chi connectivity index (χ4v) is 1.58. The molecule has 1 aromatic rings. The minimum absolute atomic E-state index is 0.0145. The Kier molecular flexibility index (Phi) is 2.50. The van der Waals surface area contributed by atoms with Gasteiger partial charge in [-0.2, -0.15) is 0 Å². The quantitative estimate of drug-likeness (QED) is 0.827. The molecule has 0 bridgehead atoms. The standard InChI is InChI=1S/C11H15NO3/c1-6(2)9-10(11(13)14)15-8(12-9)5-7-3-4-7/h6-7H,3-5H2,1-2H3,(H,13,14). The van der Waals surface area contributed by atoms with Crippen LogP contribution >= 0.6 is 0 Å². The number of carboxylic acid groups (broad SMARTS) is 1. The molecule has 1 saturated carbocycles. The fraction of sp³-hybridized carbons (Fsp3) is 0.636. The number of nitrogens with zero attached hydrogens (tertiary/aromatic N) is 1. The SMILES string of the molecule is CC(C)c1nc(CC2CC2)oc1C(=O)O. The summed E-state index contributed by atoms with van der Waals surface area (Å²) in [6, 6.07) is 0. The van der Waals surface area contributed by atoms with E-state index in [1.165, 1.54) is 12.8 Å². The highest BCUT2D eigenvalue weighted by molar-refractivity contribution is 5.85. The molecule has 1 N–H and O–H groups in total. The number of rotatable bonds is 4. The smallest absolute Gasteiger partial charge is 0.373 e. The van der Waals surface area contributed by atoms with Crippen LogP contribution in [0, 0.1) is 5.92 Å². The van der Waals surface area contributed by atoms with E-state index < -0.39 is 5.97 Å². The lowest BCUT2D eigenvalue weighted by Crippen LogP contribution is -2.01. The summed E-state index contributed by atoms with van der Waals surface area (Å²) in [6.45, 7) is 3.84. The van der Waals surface area contributed by atoms with E-state index in [1.54, 1.807) is 0 Å². The van der Waals surface area contributed by atoms with Gasteiger partial charge in [0, 0.05) is 6.42 Å². The number of carboxylic acids is 1. The largest absolute Gasteiger partial charge is 0.475 e. The van der Waals surface area contributed by atoms with E-state index in [0.29, 0.717) is 17.5 Å². The first-order valence-corrected chi connectivity index (χ1v) is 5.30. The zero-order chi connectivity index (χ0) is 11.0. The Labute approximate surface area is 88.3 Å². The molecule has 1 aliphatic rings. The van der Waals surface area contributed by atoms with Crippen LogP contribution in [0.4, 0.5) is 0 Å². The molecule has 4 nitrogen and oxygen atoms in total. The molecular formula is C11H15NO3. The molecule has 0 amide bonds. The van der Waals surface area contributed by atoms with Gasteiger partial charge in [-0.1, -0.05) is 13.8 Å². The molecule has 0 saturated heterocycles. The van der Waals surface area contributed by atoms with Gasteiger partial charge in [-0.15, -0.1) is 0 Å². The Balaban J connectivity index is 2.25. The minimum Gasteiger partial charge on any atom is -0.475 e. The van der Waals surface area contributed by atoms with Crippen molar-refractivity contribution in [2.75, 3.05) is 0 Å². The molecule has 1 heterocycles. The summed E-state index contributed by atoms with van der Waals surface area (Å²) >= 11 is 0. The second kappa shape index (κ2) is 3.68. The normalized spacial score (nSPS) is 15.9. The topological polar surface area (TPSA) is 63.3 Å². The van der Waals surface area contributed by atoms with Gasteiger partial charge in [0.2, 0.25) is 5.76 Å². The highest BCUT2D eigenvalue weighted by atomic mass is 16.4. The Morgan fingerprint density at radius 1 is 1.60 bits per heavy atom. The summed E-state index contributed by atoms with van der Waals surface area (Å²) in [4.78, 5) is 15.2. The Hall–Kier alpha value is -1.32. The molecule has 0 aromatic carbocycles. The first-order chi connectivity index (χ1) is 7.08. The van der Waals surface area contributed by atoms with Crippen molar-refractivity contribution in [1.82, 2.24) is 4.98 Å². The van der Waals surface area contributed by atoms with Gasteiger partial charge in [0.25, 0.3) is 0 Å². The lowest BCUT2D eigenvalue weighted by Gasteiger charge is -1.98. The van der Waals surface area contributed by atoms with E-state index in [9.17, 15) is 4.79 Å². The van der Waals surface area contributed by atoms with Gasteiger partial charge in [0.05, 0.1) is 5.69 Å². The summed E-state index contributed by atoms with van der Waals surface area (Å²) < 4.78 is 5.28. The minimum atomic E-state index is -1.02.